The number of aromatic nitrogens is 1. The number of anilines is 1. The van der Waals surface area contributed by atoms with Crippen molar-refractivity contribution in [1.29, 1.82) is 0 Å². The van der Waals surface area contributed by atoms with Crippen LogP contribution in [0.1, 0.15) is 29.2 Å². The molecular weight excluding hydrogens is 250 g/mol. The highest BCUT2D eigenvalue weighted by atomic mass is 16.1. The van der Waals surface area contributed by atoms with Crippen LogP contribution in [0, 0.1) is 0 Å². The van der Waals surface area contributed by atoms with Crippen LogP contribution in [0.2, 0.25) is 0 Å². The van der Waals surface area contributed by atoms with E-state index in [9.17, 15) is 4.79 Å². The maximum Gasteiger partial charge on any atom is 0.224 e. The molecule has 3 rings (SSSR count). The lowest BCUT2D eigenvalue weighted by atomic mass is 10.1. The molecule has 3 N–H and O–H groups in total. The first-order valence-corrected chi connectivity index (χ1v) is 6.79. The summed E-state index contributed by atoms with van der Waals surface area (Å²) in [4.78, 5) is 16.1. The summed E-state index contributed by atoms with van der Waals surface area (Å²) in [6.07, 6.45) is 5.71. The Morgan fingerprint density at radius 3 is 3.10 bits per heavy atom. The number of hydrogen-bond donors (Lipinski definition) is 2. The van der Waals surface area contributed by atoms with Gasteiger partial charge in [0.05, 0.1) is 12.5 Å². The Labute approximate surface area is 118 Å². The minimum atomic E-state index is 0.0349. The number of carbonyl (C=O) groups excluding carboxylic acids is 1. The van der Waals surface area contributed by atoms with Crippen molar-refractivity contribution in [2.75, 3.05) is 5.73 Å². The summed E-state index contributed by atoms with van der Waals surface area (Å²) in [5.74, 6) is 0.0349. The predicted octanol–water partition coefficient (Wildman–Crippen LogP) is 2.01. The molecule has 0 saturated heterocycles. The molecule has 1 aliphatic carbocycles. The average Bonchev–Trinajstić information content (AvgIpc) is 2.82. The topological polar surface area (TPSA) is 68.0 Å². The zero-order chi connectivity index (χ0) is 13.9. The molecular formula is C16H17N3O. The smallest absolute Gasteiger partial charge is 0.224 e. The second kappa shape index (κ2) is 5.33. The number of nitrogen functional groups attached to an aromatic ring is 1. The molecule has 0 aliphatic heterocycles. The van der Waals surface area contributed by atoms with Crippen molar-refractivity contribution >= 4 is 11.6 Å². The van der Waals surface area contributed by atoms with Crippen LogP contribution in [0.25, 0.3) is 0 Å². The predicted molar refractivity (Wildman–Crippen MR) is 78.0 cm³/mol. The third kappa shape index (κ3) is 2.64. The number of rotatable bonds is 3. The summed E-state index contributed by atoms with van der Waals surface area (Å²) in [5.41, 5.74) is 9.94. The van der Waals surface area contributed by atoms with Gasteiger partial charge in [-0.25, -0.2) is 0 Å². The lowest BCUT2D eigenvalue weighted by Crippen LogP contribution is -2.28. The number of nitrogens with two attached hydrogens (primary N) is 1. The fraction of sp³-hybridized carbons (Fsp3) is 0.250. The molecule has 102 valence electrons. The van der Waals surface area contributed by atoms with Crippen molar-refractivity contribution in [3.63, 3.8) is 0 Å². The van der Waals surface area contributed by atoms with Gasteiger partial charge in [0.15, 0.2) is 0 Å². The van der Waals surface area contributed by atoms with Crippen LogP contribution in [0.15, 0.2) is 42.7 Å². The minimum absolute atomic E-state index is 0.0349. The fourth-order valence-corrected chi connectivity index (χ4v) is 2.72. The van der Waals surface area contributed by atoms with Crippen LogP contribution in [0.5, 0.6) is 0 Å². The highest BCUT2D eigenvalue weighted by molar-refractivity contribution is 5.79. The standard InChI is InChI=1S/C16H17N3O/c17-13-4-5-14-12(9-13)3-6-15(14)19-16(20)8-11-2-1-7-18-10-11/h1-2,4-5,7,9-10,15H,3,6,8,17H2,(H,19,20). The summed E-state index contributed by atoms with van der Waals surface area (Å²) < 4.78 is 0. The van der Waals surface area contributed by atoms with Gasteiger partial charge in [-0.2, -0.15) is 0 Å². The number of nitrogens with zero attached hydrogens (tertiary/aromatic N) is 1. The SMILES string of the molecule is Nc1ccc2c(c1)CCC2NC(=O)Cc1cccnc1. The quantitative estimate of drug-likeness (QED) is 0.836. The lowest BCUT2D eigenvalue weighted by Gasteiger charge is -2.14. The number of hydrogen-bond acceptors (Lipinski definition) is 3. The Morgan fingerprint density at radius 2 is 2.30 bits per heavy atom. The van der Waals surface area contributed by atoms with E-state index in [1.165, 1.54) is 11.1 Å². The second-order valence-corrected chi connectivity index (χ2v) is 5.16. The van der Waals surface area contributed by atoms with E-state index in [-0.39, 0.29) is 11.9 Å². The molecule has 20 heavy (non-hydrogen) atoms. The van der Waals surface area contributed by atoms with Crippen molar-refractivity contribution in [1.82, 2.24) is 10.3 Å². The van der Waals surface area contributed by atoms with Gasteiger partial charge in [0.1, 0.15) is 0 Å². The first kappa shape index (κ1) is 12.7. The van der Waals surface area contributed by atoms with Gasteiger partial charge in [0.25, 0.3) is 0 Å². The Hall–Kier alpha value is -2.36. The molecule has 4 nitrogen and oxygen atoms in total. The average molecular weight is 267 g/mol. The zero-order valence-electron chi connectivity index (χ0n) is 11.2. The first-order valence-electron chi connectivity index (χ1n) is 6.79. The Balaban J connectivity index is 1.67. The van der Waals surface area contributed by atoms with Gasteiger partial charge >= 0.3 is 0 Å². The van der Waals surface area contributed by atoms with Gasteiger partial charge in [-0.05, 0) is 47.7 Å². The summed E-state index contributed by atoms with van der Waals surface area (Å²) in [6, 6.07) is 9.78. The molecule has 0 radical (unpaired) electrons. The number of pyridine rings is 1. The minimum Gasteiger partial charge on any atom is -0.399 e. The molecule has 1 aromatic heterocycles. The van der Waals surface area contributed by atoms with Crippen LogP contribution in [0.4, 0.5) is 5.69 Å². The van der Waals surface area contributed by atoms with Gasteiger partial charge in [0.2, 0.25) is 5.91 Å². The molecule has 0 fully saturated rings. The number of amides is 1. The monoisotopic (exact) mass is 267 g/mol. The van der Waals surface area contributed by atoms with Crippen molar-refractivity contribution in [3.8, 4) is 0 Å². The van der Waals surface area contributed by atoms with E-state index in [4.69, 9.17) is 5.73 Å². The molecule has 2 aromatic rings. The molecule has 1 unspecified atom stereocenters. The normalized spacial score (nSPS) is 16.7. The summed E-state index contributed by atoms with van der Waals surface area (Å²) in [5, 5.41) is 3.10. The van der Waals surface area contributed by atoms with E-state index in [1.54, 1.807) is 12.4 Å². The van der Waals surface area contributed by atoms with Crippen molar-refractivity contribution in [2.45, 2.75) is 25.3 Å². The van der Waals surface area contributed by atoms with E-state index in [2.05, 4.69) is 10.3 Å². The molecule has 1 atom stereocenters. The zero-order valence-corrected chi connectivity index (χ0v) is 11.2. The number of aryl methyl sites for hydroxylation is 1. The van der Waals surface area contributed by atoms with Gasteiger partial charge in [0, 0.05) is 18.1 Å². The summed E-state index contributed by atoms with van der Waals surface area (Å²) >= 11 is 0. The van der Waals surface area contributed by atoms with Gasteiger partial charge in [-0.1, -0.05) is 12.1 Å². The molecule has 1 amide bonds. The lowest BCUT2D eigenvalue weighted by molar-refractivity contribution is -0.121. The maximum absolute atomic E-state index is 12.1. The van der Waals surface area contributed by atoms with E-state index in [1.807, 2.05) is 30.3 Å². The van der Waals surface area contributed by atoms with Gasteiger partial charge in [-0.3, -0.25) is 9.78 Å². The van der Waals surface area contributed by atoms with Crippen molar-refractivity contribution in [3.05, 3.63) is 59.4 Å². The molecule has 0 bridgehead atoms. The number of fused-ring (bicyclic) bond motifs is 1. The number of benzene rings is 1. The van der Waals surface area contributed by atoms with Crippen LogP contribution in [-0.4, -0.2) is 10.9 Å². The third-order valence-corrected chi connectivity index (χ3v) is 3.67. The summed E-state index contributed by atoms with van der Waals surface area (Å²) in [6.45, 7) is 0. The molecule has 1 aliphatic rings. The highest BCUT2D eigenvalue weighted by Crippen LogP contribution is 2.32. The van der Waals surface area contributed by atoms with Crippen LogP contribution in [-0.2, 0) is 17.6 Å². The van der Waals surface area contributed by atoms with E-state index in [0.717, 1.165) is 24.1 Å². The first-order chi connectivity index (χ1) is 9.72. The Morgan fingerprint density at radius 1 is 1.40 bits per heavy atom. The third-order valence-electron chi connectivity index (χ3n) is 3.67. The largest absolute Gasteiger partial charge is 0.399 e. The van der Waals surface area contributed by atoms with Crippen molar-refractivity contribution in [2.24, 2.45) is 0 Å². The molecule has 0 saturated carbocycles. The molecule has 0 spiro atoms. The molecule has 4 heteroatoms. The number of carbonyl (C=O) groups is 1. The summed E-state index contributed by atoms with van der Waals surface area (Å²) in [7, 11) is 0. The second-order valence-electron chi connectivity index (χ2n) is 5.16. The maximum atomic E-state index is 12.1. The van der Waals surface area contributed by atoms with E-state index >= 15 is 0 Å². The highest BCUT2D eigenvalue weighted by Gasteiger charge is 2.23. The fourth-order valence-electron chi connectivity index (χ4n) is 2.72. The molecule has 1 heterocycles. The van der Waals surface area contributed by atoms with Crippen molar-refractivity contribution < 1.29 is 4.79 Å². The van der Waals surface area contributed by atoms with Crippen LogP contribution in [0.3, 0.4) is 0 Å². The Bertz CT molecular complexity index is 625. The van der Waals surface area contributed by atoms with Crippen LogP contribution < -0.4 is 11.1 Å². The van der Waals surface area contributed by atoms with E-state index in [0.29, 0.717) is 6.42 Å². The molecule has 1 aromatic carbocycles. The van der Waals surface area contributed by atoms with Gasteiger partial charge in [-0.15, -0.1) is 0 Å². The van der Waals surface area contributed by atoms with Gasteiger partial charge < -0.3 is 11.1 Å². The Kier molecular flexibility index (Phi) is 3.37. The number of nitrogens with one attached hydrogen (secondary N) is 1. The van der Waals surface area contributed by atoms with E-state index < -0.39 is 0 Å². The van der Waals surface area contributed by atoms with Crippen LogP contribution >= 0.6 is 0 Å².